The molecule has 2 atom stereocenters. The van der Waals surface area contributed by atoms with E-state index in [9.17, 15) is 5.11 Å². The lowest BCUT2D eigenvalue weighted by Gasteiger charge is -2.17. The highest BCUT2D eigenvalue weighted by atomic mass is 35.5. The van der Waals surface area contributed by atoms with Gasteiger partial charge < -0.3 is 14.8 Å². The summed E-state index contributed by atoms with van der Waals surface area (Å²) in [5, 5.41) is 13.7. The molecule has 0 saturated carbocycles. The zero-order valence-electron chi connectivity index (χ0n) is 13.8. The molecular formula is C20H20Cl2NO2+. The highest BCUT2D eigenvalue weighted by Gasteiger charge is 2.19. The third kappa shape index (κ3) is 4.44. The lowest BCUT2D eigenvalue weighted by molar-refractivity contribution is -0.710. The summed E-state index contributed by atoms with van der Waals surface area (Å²) in [7, 11) is 0. The Balaban J connectivity index is 1.65. The second-order valence-corrected chi connectivity index (χ2v) is 6.89. The summed E-state index contributed by atoms with van der Waals surface area (Å²) < 4.78 is 5.89. The van der Waals surface area contributed by atoms with Crippen molar-refractivity contribution in [3.63, 3.8) is 0 Å². The van der Waals surface area contributed by atoms with Crippen molar-refractivity contribution >= 4 is 23.2 Å². The first-order valence-corrected chi connectivity index (χ1v) is 8.90. The number of furan rings is 1. The molecule has 0 spiro atoms. The Bertz CT molecular complexity index is 833. The van der Waals surface area contributed by atoms with Crippen LogP contribution in [0.3, 0.4) is 0 Å². The van der Waals surface area contributed by atoms with Gasteiger partial charge in [-0.25, -0.2) is 0 Å². The van der Waals surface area contributed by atoms with E-state index in [-0.39, 0.29) is 6.04 Å². The maximum atomic E-state index is 10.4. The van der Waals surface area contributed by atoms with Gasteiger partial charge in [-0.1, -0.05) is 53.5 Å². The van der Waals surface area contributed by atoms with Crippen molar-refractivity contribution in [1.82, 2.24) is 0 Å². The number of quaternary nitrogens is 1. The molecule has 3 N–H and O–H groups in total. The minimum absolute atomic E-state index is 0.00528. The average Bonchev–Trinajstić information content (AvgIpc) is 3.10. The third-order valence-electron chi connectivity index (χ3n) is 4.19. The monoisotopic (exact) mass is 376 g/mol. The summed E-state index contributed by atoms with van der Waals surface area (Å²) in [6.07, 6.45) is -0.530. The van der Waals surface area contributed by atoms with E-state index in [4.69, 9.17) is 27.6 Å². The van der Waals surface area contributed by atoms with E-state index in [2.05, 4.69) is 5.32 Å². The number of benzene rings is 2. The summed E-state index contributed by atoms with van der Waals surface area (Å²) in [5.41, 5.74) is 1.69. The van der Waals surface area contributed by atoms with Crippen molar-refractivity contribution < 1.29 is 14.8 Å². The Morgan fingerprint density at radius 3 is 2.56 bits per heavy atom. The fourth-order valence-electron chi connectivity index (χ4n) is 2.70. The van der Waals surface area contributed by atoms with Gasteiger partial charge in [0.15, 0.2) is 5.76 Å². The zero-order valence-corrected chi connectivity index (χ0v) is 15.3. The predicted molar refractivity (Wildman–Crippen MR) is 101 cm³/mol. The molecule has 3 nitrogen and oxygen atoms in total. The number of aliphatic hydroxyl groups is 1. The fourth-order valence-corrected chi connectivity index (χ4v) is 3.09. The Kier molecular flexibility index (Phi) is 5.82. The van der Waals surface area contributed by atoms with Crippen LogP contribution >= 0.6 is 23.2 Å². The van der Waals surface area contributed by atoms with Gasteiger partial charge in [-0.3, -0.25) is 0 Å². The molecule has 1 aromatic heterocycles. The molecule has 130 valence electrons. The minimum atomic E-state index is -0.530. The number of nitrogens with two attached hydrogens (primary N) is 1. The van der Waals surface area contributed by atoms with Gasteiger partial charge in [-0.2, -0.15) is 0 Å². The van der Waals surface area contributed by atoms with Crippen molar-refractivity contribution in [2.75, 3.05) is 0 Å². The Labute approximate surface area is 157 Å². The van der Waals surface area contributed by atoms with E-state index in [1.54, 1.807) is 18.2 Å². The SMILES string of the molecule is C[C@@H]([NH2+]Cc1ccc(-c2cc(Cl)ccc2Cl)o1)[C@@H](O)c1ccccc1. The molecule has 2 aromatic carbocycles. The number of halogens is 2. The number of rotatable bonds is 6. The van der Waals surface area contributed by atoms with Crippen molar-refractivity contribution in [3.8, 4) is 11.3 Å². The van der Waals surface area contributed by atoms with Crippen molar-refractivity contribution in [2.45, 2.75) is 25.6 Å². The van der Waals surface area contributed by atoms with Crippen LogP contribution in [0.1, 0.15) is 24.4 Å². The molecule has 0 aliphatic rings. The van der Waals surface area contributed by atoms with E-state index < -0.39 is 6.10 Å². The molecule has 0 amide bonds. The molecule has 3 rings (SSSR count). The van der Waals surface area contributed by atoms with Gasteiger partial charge in [0.25, 0.3) is 0 Å². The van der Waals surface area contributed by atoms with E-state index in [1.165, 1.54) is 0 Å². The Morgan fingerprint density at radius 1 is 1.04 bits per heavy atom. The molecule has 0 aliphatic heterocycles. The predicted octanol–water partition coefficient (Wildman–Crippen LogP) is 4.44. The largest absolute Gasteiger partial charge is 0.455 e. The zero-order chi connectivity index (χ0) is 17.8. The van der Waals surface area contributed by atoms with E-state index in [1.807, 2.05) is 49.4 Å². The van der Waals surface area contributed by atoms with Crippen LogP contribution in [0, 0.1) is 0 Å². The fraction of sp³-hybridized carbons (Fsp3) is 0.200. The maximum Gasteiger partial charge on any atom is 0.158 e. The molecule has 0 unspecified atom stereocenters. The summed E-state index contributed by atoms with van der Waals surface area (Å²) in [6.45, 7) is 2.62. The van der Waals surface area contributed by atoms with Gasteiger partial charge in [0, 0.05) is 10.6 Å². The van der Waals surface area contributed by atoms with Crippen LogP contribution in [-0.4, -0.2) is 11.1 Å². The van der Waals surface area contributed by atoms with Crippen molar-refractivity contribution in [1.29, 1.82) is 0 Å². The molecule has 0 bridgehead atoms. The molecule has 0 aliphatic carbocycles. The average molecular weight is 377 g/mol. The van der Waals surface area contributed by atoms with Crippen molar-refractivity contribution in [2.24, 2.45) is 0 Å². The Morgan fingerprint density at radius 2 is 1.80 bits per heavy atom. The standard InChI is InChI=1S/C20H19Cl2NO2/c1-13(20(24)14-5-3-2-4-6-14)23-12-16-8-10-19(25-16)17-11-15(21)7-9-18(17)22/h2-11,13,20,23-24H,12H2,1H3/p+1/t13-,20-/m1/s1. The molecule has 0 saturated heterocycles. The highest BCUT2D eigenvalue weighted by Crippen LogP contribution is 2.31. The molecule has 5 heteroatoms. The lowest BCUT2D eigenvalue weighted by Crippen LogP contribution is -2.88. The number of aliphatic hydroxyl groups excluding tert-OH is 1. The van der Waals surface area contributed by atoms with E-state index in [0.717, 1.165) is 16.9 Å². The molecular weight excluding hydrogens is 357 g/mol. The molecule has 0 radical (unpaired) electrons. The van der Waals surface area contributed by atoms with E-state index >= 15 is 0 Å². The quantitative estimate of drug-likeness (QED) is 0.667. The normalized spacial score (nSPS) is 13.6. The van der Waals surface area contributed by atoms with Gasteiger partial charge >= 0.3 is 0 Å². The van der Waals surface area contributed by atoms with Gasteiger partial charge in [0.2, 0.25) is 0 Å². The second kappa shape index (κ2) is 8.07. The first kappa shape index (κ1) is 18.0. The number of hydrogen-bond acceptors (Lipinski definition) is 2. The van der Waals surface area contributed by atoms with E-state index in [0.29, 0.717) is 22.4 Å². The van der Waals surface area contributed by atoms with Gasteiger partial charge in [-0.15, -0.1) is 0 Å². The van der Waals surface area contributed by atoms with Crippen LogP contribution in [0.4, 0.5) is 0 Å². The molecule has 0 fully saturated rings. The first-order valence-electron chi connectivity index (χ1n) is 8.15. The van der Waals surface area contributed by atoms with Gasteiger partial charge in [-0.05, 0) is 42.8 Å². The minimum Gasteiger partial charge on any atom is -0.455 e. The van der Waals surface area contributed by atoms with Crippen LogP contribution in [0.25, 0.3) is 11.3 Å². The second-order valence-electron chi connectivity index (χ2n) is 6.04. The maximum absolute atomic E-state index is 10.4. The molecule has 1 heterocycles. The molecule has 3 aromatic rings. The lowest BCUT2D eigenvalue weighted by atomic mass is 10.0. The summed E-state index contributed by atoms with van der Waals surface area (Å²) in [4.78, 5) is 0. The summed E-state index contributed by atoms with van der Waals surface area (Å²) in [5.74, 6) is 1.50. The van der Waals surface area contributed by atoms with Crippen LogP contribution in [-0.2, 0) is 6.54 Å². The van der Waals surface area contributed by atoms with Crippen LogP contribution in [0.2, 0.25) is 10.0 Å². The van der Waals surface area contributed by atoms with Crippen LogP contribution in [0.15, 0.2) is 65.1 Å². The Hall–Kier alpha value is -1.78. The van der Waals surface area contributed by atoms with Gasteiger partial charge in [0.1, 0.15) is 24.5 Å². The summed E-state index contributed by atoms with van der Waals surface area (Å²) in [6, 6.07) is 18.8. The smallest absolute Gasteiger partial charge is 0.158 e. The van der Waals surface area contributed by atoms with Crippen molar-refractivity contribution in [3.05, 3.63) is 82.0 Å². The topological polar surface area (TPSA) is 50.0 Å². The summed E-state index contributed by atoms with van der Waals surface area (Å²) >= 11 is 12.3. The van der Waals surface area contributed by atoms with Crippen LogP contribution in [0.5, 0.6) is 0 Å². The first-order chi connectivity index (χ1) is 12.0. The third-order valence-corrected chi connectivity index (χ3v) is 4.75. The molecule has 25 heavy (non-hydrogen) atoms. The van der Waals surface area contributed by atoms with Crippen LogP contribution < -0.4 is 5.32 Å². The van der Waals surface area contributed by atoms with Gasteiger partial charge in [0.05, 0.1) is 5.02 Å². The highest BCUT2D eigenvalue weighted by molar-refractivity contribution is 6.35. The number of hydrogen-bond donors (Lipinski definition) is 2.